The Bertz CT molecular complexity index is 423. The summed E-state index contributed by atoms with van der Waals surface area (Å²) in [5, 5.41) is 13.6. The second kappa shape index (κ2) is 4.90. The van der Waals surface area contributed by atoms with Crippen molar-refractivity contribution in [3.63, 3.8) is 0 Å². The predicted molar refractivity (Wildman–Crippen MR) is 72.8 cm³/mol. The number of hydrogen-bond donors (Lipinski definition) is 2. The normalized spacial score (nSPS) is 22.9. The summed E-state index contributed by atoms with van der Waals surface area (Å²) in [4.78, 5) is 2.54. The molecule has 98 valence electrons. The van der Waals surface area contributed by atoms with Crippen molar-refractivity contribution >= 4 is 0 Å². The van der Waals surface area contributed by atoms with Crippen LogP contribution in [-0.4, -0.2) is 36.2 Å². The van der Waals surface area contributed by atoms with Gasteiger partial charge in [-0.05, 0) is 37.3 Å². The Kier molecular flexibility index (Phi) is 3.27. The second-order valence-electron chi connectivity index (χ2n) is 5.63. The first-order valence-corrected chi connectivity index (χ1v) is 7.00. The van der Waals surface area contributed by atoms with Gasteiger partial charge in [-0.25, -0.2) is 0 Å². The van der Waals surface area contributed by atoms with Crippen molar-refractivity contribution in [3.8, 4) is 5.75 Å². The van der Waals surface area contributed by atoms with E-state index < -0.39 is 0 Å². The lowest BCUT2D eigenvalue weighted by molar-refractivity contribution is 0.153. The van der Waals surface area contributed by atoms with Gasteiger partial charge >= 0.3 is 0 Å². The minimum atomic E-state index is 0.424. The molecule has 2 N–H and O–H groups in total. The number of aryl methyl sites for hydroxylation is 1. The van der Waals surface area contributed by atoms with Crippen LogP contribution in [0.15, 0.2) is 18.2 Å². The molecule has 1 aliphatic carbocycles. The van der Waals surface area contributed by atoms with Crippen molar-refractivity contribution in [1.82, 2.24) is 10.2 Å². The summed E-state index contributed by atoms with van der Waals surface area (Å²) in [5.74, 6) is 1.22. The number of rotatable bonds is 3. The number of benzene rings is 1. The molecule has 1 aliphatic heterocycles. The van der Waals surface area contributed by atoms with Crippen LogP contribution in [0, 0.1) is 12.8 Å². The van der Waals surface area contributed by atoms with E-state index in [1.165, 1.54) is 12.8 Å². The minimum absolute atomic E-state index is 0.424. The van der Waals surface area contributed by atoms with Gasteiger partial charge in [-0.2, -0.15) is 0 Å². The molecule has 0 radical (unpaired) electrons. The summed E-state index contributed by atoms with van der Waals surface area (Å²) in [6.07, 6.45) is 2.61. The lowest BCUT2D eigenvalue weighted by atomic mass is 9.97. The van der Waals surface area contributed by atoms with Crippen molar-refractivity contribution in [2.24, 2.45) is 5.92 Å². The fourth-order valence-electron chi connectivity index (χ4n) is 3.02. The summed E-state index contributed by atoms with van der Waals surface area (Å²) in [6.45, 7) is 6.34. The highest BCUT2D eigenvalue weighted by molar-refractivity contribution is 5.39. The molecule has 1 atom stereocenters. The molecular weight excluding hydrogens is 224 g/mol. The number of hydrogen-bond acceptors (Lipinski definition) is 3. The molecule has 1 aromatic carbocycles. The van der Waals surface area contributed by atoms with Crippen molar-refractivity contribution < 1.29 is 5.11 Å². The molecule has 3 rings (SSSR count). The highest BCUT2D eigenvalue weighted by Crippen LogP contribution is 2.46. The number of phenolic OH excluding ortho intramolecular Hbond substituents is 1. The quantitative estimate of drug-likeness (QED) is 0.857. The highest BCUT2D eigenvalue weighted by atomic mass is 16.3. The lowest BCUT2D eigenvalue weighted by Gasteiger charge is -2.35. The summed E-state index contributed by atoms with van der Waals surface area (Å²) in [5.41, 5.74) is 2.26. The smallest absolute Gasteiger partial charge is 0.120 e. The maximum absolute atomic E-state index is 10.2. The van der Waals surface area contributed by atoms with Crippen LogP contribution in [-0.2, 0) is 0 Å². The largest absolute Gasteiger partial charge is 0.508 e. The zero-order valence-electron chi connectivity index (χ0n) is 11.0. The molecule has 2 aliphatic rings. The molecule has 3 nitrogen and oxygen atoms in total. The summed E-state index contributed by atoms with van der Waals surface area (Å²) < 4.78 is 0. The number of nitrogens with one attached hydrogen (secondary N) is 1. The standard InChI is InChI=1S/C15H22N2O/c1-11-2-5-13(14(18)10-11)15(12-3-4-12)17-8-6-16-7-9-17/h2,5,10,12,15-16,18H,3-4,6-9H2,1H3/t15-/m1/s1. The third-order valence-corrected chi connectivity index (χ3v) is 4.12. The van der Waals surface area contributed by atoms with E-state index in [-0.39, 0.29) is 0 Å². The van der Waals surface area contributed by atoms with Crippen LogP contribution in [0.5, 0.6) is 5.75 Å². The van der Waals surface area contributed by atoms with Crippen molar-refractivity contribution in [1.29, 1.82) is 0 Å². The molecule has 0 amide bonds. The molecule has 0 aromatic heterocycles. The number of piperazine rings is 1. The Balaban J connectivity index is 1.88. The fraction of sp³-hybridized carbons (Fsp3) is 0.600. The molecule has 0 unspecified atom stereocenters. The molecule has 1 heterocycles. The Morgan fingerprint density at radius 2 is 2.00 bits per heavy atom. The molecule has 2 fully saturated rings. The average Bonchev–Trinajstić information content (AvgIpc) is 3.18. The topological polar surface area (TPSA) is 35.5 Å². The average molecular weight is 246 g/mol. The Labute approximate surface area is 109 Å². The highest BCUT2D eigenvalue weighted by Gasteiger charge is 2.37. The first kappa shape index (κ1) is 12.0. The van der Waals surface area contributed by atoms with Crippen LogP contribution in [0.3, 0.4) is 0 Å². The van der Waals surface area contributed by atoms with Crippen LogP contribution in [0.2, 0.25) is 0 Å². The first-order chi connectivity index (χ1) is 8.75. The Morgan fingerprint density at radius 3 is 2.61 bits per heavy atom. The third kappa shape index (κ3) is 2.38. The maximum atomic E-state index is 10.2. The van der Waals surface area contributed by atoms with Gasteiger partial charge in [-0.1, -0.05) is 12.1 Å². The Hall–Kier alpha value is -1.06. The minimum Gasteiger partial charge on any atom is -0.508 e. The zero-order valence-corrected chi connectivity index (χ0v) is 11.0. The molecule has 1 aromatic rings. The van der Waals surface area contributed by atoms with Crippen molar-refractivity contribution in [2.45, 2.75) is 25.8 Å². The number of aromatic hydroxyl groups is 1. The van der Waals surface area contributed by atoms with Gasteiger partial charge < -0.3 is 10.4 Å². The SMILES string of the molecule is Cc1ccc([C@@H](C2CC2)N2CCNCC2)c(O)c1. The molecule has 1 saturated carbocycles. The van der Waals surface area contributed by atoms with E-state index in [9.17, 15) is 5.11 Å². The van der Waals surface area contributed by atoms with Crippen LogP contribution < -0.4 is 5.32 Å². The first-order valence-electron chi connectivity index (χ1n) is 7.00. The lowest BCUT2D eigenvalue weighted by Crippen LogP contribution is -2.45. The second-order valence-corrected chi connectivity index (χ2v) is 5.63. The predicted octanol–water partition coefficient (Wildman–Crippen LogP) is 2.06. The van der Waals surface area contributed by atoms with Gasteiger partial charge in [0.1, 0.15) is 5.75 Å². The van der Waals surface area contributed by atoms with Crippen LogP contribution in [0.1, 0.15) is 30.0 Å². The maximum Gasteiger partial charge on any atom is 0.120 e. The van der Waals surface area contributed by atoms with E-state index >= 15 is 0 Å². The van der Waals surface area contributed by atoms with Gasteiger partial charge in [0, 0.05) is 37.8 Å². The van der Waals surface area contributed by atoms with E-state index in [1.807, 2.05) is 13.0 Å². The number of phenols is 1. The fourth-order valence-corrected chi connectivity index (χ4v) is 3.02. The van der Waals surface area contributed by atoms with Gasteiger partial charge in [-0.15, -0.1) is 0 Å². The van der Waals surface area contributed by atoms with Crippen molar-refractivity contribution in [2.75, 3.05) is 26.2 Å². The summed E-state index contributed by atoms with van der Waals surface area (Å²) >= 11 is 0. The summed E-state index contributed by atoms with van der Waals surface area (Å²) in [6, 6.07) is 6.56. The van der Waals surface area contributed by atoms with E-state index in [4.69, 9.17) is 0 Å². The molecule has 18 heavy (non-hydrogen) atoms. The summed E-state index contributed by atoms with van der Waals surface area (Å²) in [7, 11) is 0. The van der Waals surface area contributed by atoms with E-state index in [0.29, 0.717) is 11.8 Å². The molecule has 0 spiro atoms. The monoisotopic (exact) mass is 246 g/mol. The van der Waals surface area contributed by atoms with Gasteiger partial charge in [0.2, 0.25) is 0 Å². The Morgan fingerprint density at radius 1 is 1.28 bits per heavy atom. The zero-order chi connectivity index (χ0) is 12.5. The van der Waals surface area contributed by atoms with E-state index in [2.05, 4.69) is 22.3 Å². The van der Waals surface area contributed by atoms with E-state index in [1.54, 1.807) is 0 Å². The van der Waals surface area contributed by atoms with Gasteiger partial charge in [0.05, 0.1) is 0 Å². The van der Waals surface area contributed by atoms with Crippen LogP contribution in [0.25, 0.3) is 0 Å². The van der Waals surface area contributed by atoms with Gasteiger partial charge in [-0.3, -0.25) is 4.90 Å². The third-order valence-electron chi connectivity index (χ3n) is 4.12. The van der Waals surface area contributed by atoms with Gasteiger partial charge in [0.25, 0.3) is 0 Å². The molecule has 0 bridgehead atoms. The van der Waals surface area contributed by atoms with Crippen molar-refractivity contribution in [3.05, 3.63) is 29.3 Å². The number of nitrogens with zero attached hydrogens (tertiary/aromatic N) is 1. The molecule has 1 saturated heterocycles. The van der Waals surface area contributed by atoms with Gasteiger partial charge in [0.15, 0.2) is 0 Å². The van der Waals surface area contributed by atoms with Crippen LogP contribution in [0.4, 0.5) is 0 Å². The van der Waals surface area contributed by atoms with Crippen LogP contribution >= 0.6 is 0 Å². The van der Waals surface area contributed by atoms with E-state index in [0.717, 1.165) is 43.2 Å². The molecular formula is C15H22N2O. The molecule has 3 heteroatoms.